The van der Waals surface area contributed by atoms with Crippen molar-refractivity contribution in [3.05, 3.63) is 18.0 Å². The van der Waals surface area contributed by atoms with E-state index in [9.17, 15) is 0 Å². The molecule has 0 bridgehead atoms. The summed E-state index contributed by atoms with van der Waals surface area (Å²) in [5, 5.41) is 7.54. The van der Waals surface area contributed by atoms with Gasteiger partial charge in [0.05, 0.1) is 5.69 Å². The molecule has 1 heterocycles. The Morgan fingerprint density at radius 2 is 2.33 bits per heavy atom. The van der Waals surface area contributed by atoms with E-state index in [-0.39, 0.29) is 0 Å². The highest BCUT2D eigenvalue weighted by atomic mass is 15.3. The van der Waals surface area contributed by atoms with Crippen molar-refractivity contribution in [1.29, 1.82) is 0 Å². The number of hydrogen-bond acceptors (Lipinski definition) is 2. The largest absolute Gasteiger partial charge is 0.311 e. The average Bonchev–Trinajstić information content (AvgIpc) is 2.52. The molecule has 3 nitrogen and oxygen atoms in total. The number of nitrogens with zero attached hydrogens (tertiary/aromatic N) is 2. The summed E-state index contributed by atoms with van der Waals surface area (Å²) >= 11 is 0. The number of rotatable bonds is 5. The molecule has 0 aliphatic heterocycles. The fourth-order valence-electron chi connectivity index (χ4n) is 1.19. The lowest BCUT2D eigenvalue weighted by atomic mass is 10.4. The van der Waals surface area contributed by atoms with Gasteiger partial charge in [0, 0.05) is 19.3 Å². The first-order chi connectivity index (χ1) is 5.88. The van der Waals surface area contributed by atoms with Gasteiger partial charge in [0.25, 0.3) is 0 Å². The van der Waals surface area contributed by atoms with Gasteiger partial charge in [0.2, 0.25) is 0 Å². The molecule has 0 unspecified atom stereocenters. The minimum atomic E-state index is 0.932. The Morgan fingerprint density at radius 3 is 3.00 bits per heavy atom. The fourth-order valence-corrected chi connectivity index (χ4v) is 1.19. The van der Waals surface area contributed by atoms with Crippen LogP contribution in [0, 0.1) is 0 Å². The van der Waals surface area contributed by atoms with Gasteiger partial charge >= 0.3 is 0 Å². The van der Waals surface area contributed by atoms with Gasteiger partial charge in [0.1, 0.15) is 0 Å². The van der Waals surface area contributed by atoms with E-state index in [1.54, 1.807) is 0 Å². The summed E-state index contributed by atoms with van der Waals surface area (Å²) in [6, 6.07) is 2.06. The molecule has 0 spiro atoms. The quantitative estimate of drug-likeness (QED) is 0.672. The lowest BCUT2D eigenvalue weighted by Gasteiger charge is -2.04. The minimum Gasteiger partial charge on any atom is -0.311 e. The van der Waals surface area contributed by atoms with Crippen LogP contribution in [0.3, 0.4) is 0 Å². The van der Waals surface area contributed by atoms with E-state index in [1.807, 2.05) is 10.9 Å². The Morgan fingerprint density at radius 1 is 1.50 bits per heavy atom. The van der Waals surface area contributed by atoms with Crippen molar-refractivity contribution in [2.45, 2.75) is 33.4 Å². The van der Waals surface area contributed by atoms with E-state index in [2.05, 4.69) is 30.3 Å². The third-order valence-corrected chi connectivity index (χ3v) is 1.84. The highest BCUT2D eigenvalue weighted by molar-refractivity contribution is 4.99. The molecule has 0 atom stereocenters. The first kappa shape index (κ1) is 9.26. The molecule has 0 aliphatic carbocycles. The molecule has 1 aromatic heterocycles. The second-order valence-corrected chi connectivity index (χ2v) is 2.82. The van der Waals surface area contributed by atoms with Gasteiger partial charge in [-0.2, -0.15) is 5.10 Å². The van der Waals surface area contributed by atoms with Crippen LogP contribution in [0.15, 0.2) is 12.3 Å². The zero-order valence-corrected chi connectivity index (χ0v) is 7.88. The van der Waals surface area contributed by atoms with Crippen molar-refractivity contribution in [2.75, 3.05) is 6.54 Å². The van der Waals surface area contributed by atoms with Crippen LogP contribution < -0.4 is 5.32 Å². The molecular weight excluding hydrogens is 150 g/mol. The number of aryl methyl sites for hydroxylation is 1. The summed E-state index contributed by atoms with van der Waals surface area (Å²) in [6.45, 7) is 7.24. The molecule has 0 amide bonds. The second kappa shape index (κ2) is 4.93. The van der Waals surface area contributed by atoms with Crippen molar-refractivity contribution in [3.8, 4) is 0 Å². The van der Waals surface area contributed by atoms with E-state index in [0.717, 1.165) is 19.6 Å². The third kappa shape index (κ3) is 2.34. The summed E-state index contributed by atoms with van der Waals surface area (Å²) in [5.74, 6) is 0. The first-order valence-corrected chi connectivity index (χ1v) is 4.59. The Labute approximate surface area is 73.8 Å². The predicted molar refractivity (Wildman–Crippen MR) is 49.9 cm³/mol. The molecule has 0 fully saturated rings. The Hall–Kier alpha value is -0.830. The van der Waals surface area contributed by atoms with E-state index in [0.29, 0.717) is 0 Å². The molecule has 1 rings (SSSR count). The van der Waals surface area contributed by atoms with Crippen molar-refractivity contribution >= 4 is 0 Å². The Bertz CT molecular complexity index is 217. The molecule has 0 aliphatic rings. The van der Waals surface area contributed by atoms with E-state index < -0.39 is 0 Å². The molecule has 0 saturated heterocycles. The molecule has 0 radical (unpaired) electrons. The maximum atomic E-state index is 4.19. The summed E-state index contributed by atoms with van der Waals surface area (Å²) in [6.07, 6.45) is 3.03. The molecule has 0 saturated carbocycles. The SMILES string of the molecule is CCCNCc1ccnn1CC. The number of hydrogen-bond donors (Lipinski definition) is 1. The smallest absolute Gasteiger partial charge is 0.0521 e. The van der Waals surface area contributed by atoms with Gasteiger partial charge in [-0.05, 0) is 26.0 Å². The number of nitrogens with one attached hydrogen (secondary N) is 1. The Balaban J connectivity index is 2.39. The number of aromatic nitrogens is 2. The molecule has 1 N–H and O–H groups in total. The molecular formula is C9H17N3. The van der Waals surface area contributed by atoms with Gasteiger partial charge in [-0.1, -0.05) is 6.92 Å². The van der Waals surface area contributed by atoms with Crippen LogP contribution in [0.5, 0.6) is 0 Å². The zero-order chi connectivity index (χ0) is 8.81. The molecule has 1 aromatic rings. The van der Waals surface area contributed by atoms with Crippen molar-refractivity contribution in [2.24, 2.45) is 0 Å². The van der Waals surface area contributed by atoms with E-state index in [1.165, 1.54) is 12.1 Å². The second-order valence-electron chi connectivity index (χ2n) is 2.82. The first-order valence-electron chi connectivity index (χ1n) is 4.59. The van der Waals surface area contributed by atoms with Crippen LogP contribution >= 0.6 is 0 Å². The monoisotopic (exact) mass is 167 g/mol. The van der Waals surface area contributed by atoms with Crippen LogP contribution in [0.25, 0.3) is 0 Å². The molecule has 12 heavy (non-hydrogen) atoms. The minimum absolute atomic E-state index is 0.932. The zero-order valence-electron chi connectivity index (χ0n) is 7.88. The van der Waals surface area contributed by atoms with Gasteiger partial charge in [-0.15, -0.1) is 0 Å². The van der Waals surface area contributed by atoms with Gasteiger partial charge in [-0.25, -0.2) is 0 Å². The van der Waals surface area contributed by atoms with Gasteiger partial charge in [-0.3, -0.25) is 4.68 Å². The highest BCUT2D eigenvalue weighted by Gasteiger charge is 1.97. The van der Waals surface area contributed by atoms with Crippen LogP contribution in [-0.2, 0) is 13.1 Å². The maximum absolute atomic E-state index is 4.19. The summed E-state index contributed by atoms with van der Waals surface area (Å²) in [4.78, 5) is 0. The van der Waals surface area contributed by atoms with Crippen molar-refractivity contribution in [3.63, 3.8) is 0 Å². The maximum Gasteiger partial charge on any atom is 0.0521 e. The Kier molecular flexibility index (Phi) is 3.80. The average molecular weight is 167 g/mol. The summed E-state index contributed by atoms with van der Waals surface area (Å²) in [7, 11) is 0. The van der Waals surface area contributed by atoms with E-state index in [4.69, 9.17) is 0 Å². The van der Waals surface area contributed by atoms with Gasteiger partial charge in [0.15, 0.2) is 0 Å². The van der Waals surface area contributed by atoms with Crippen LogP contribution in [0.1, 0.15) is 26.0 Å². The normalized spacial score (nSPS) is 10.5. The summed E-state index contributed by atoms with van der Waals surface area (Å²) in [5.41, 5.74) is 1.27. The third-order valence-electron chi connectivity index (χ3n) is 1.84. The van der Waals surface area contributed by atoms with Gasteiger partial charge < -0.3 is 5.32 Å². The highest BCUT2D eigenvalue weighted by Crippen LogP contribution is 1.97. The van der Waals surface area contributed by atoms with Crippen LogP contribution in [-0.4, -0.2) is 16.3 Å². The lowest BCUT2D eigenvalue weighted by molar-refractivity contribution is 0.579. The van der Waals surface area contributed by atoms with Crippen molar-refractivity contribution in [1.82, 2.24) is 15.1 Å². The molecule has 3 heteroatoms. The van der Waals surface area contributed by atoms with Crippen molar-refractivity contribution < 1.29 is 0 Å². The lowest BCUT2D eigenvalue weighted by Crippen LogP contribution is -2.16. The molecule has 0 aromatic carbocycles. The predicted octanol–water partition coefficient (Wildman–Crippen LogP) is 1.40. The van der Waals surface area contributed by atoms with Crippen LogP contribution in [0.2, 0.25) is 0 Å². The standard InChI is InChI=1S/C9H17N3/c1-3-6-10-8-9-5-7-11-12(9)4-2/h5,7,10H,3-4,6,8H2,1-2H3. The summed E-state index contributed by atoms with van der Waals surface area (Å²) < 4.78 is 2.02. The topological polar surface area (TPSA) is 29.9 Å². The molecule has 68 valence electrons. The van der Waals surface area contributed by atoms with E-state index >= 15 is 0 Å². The van der Waals surface area contributed by atoms with Crippen LogP contribution in [0.4, 0.5) is 0 Å². The fraction of sp³-hybridized carbons (Fsp3) is 0.667.